The normalized spacial score (nSPS) is 13.6. The minimum Gasteiger partial charge on any atom is -0.299 e. The summed E-state index contributed by atoms with van der Waals surface area (Å²) in [6.07, 6.45) is -0.171. The van der Waals surface area contributed by atoms with Crippen LogP contribution in [0.15, 0.2) is 0 Å². The molecule has 0 rings (SSSR count). The molecule has 1 unspecified atom stereocenters. The van der Waals surface area contributed by atoms with Gasteiger partial charge < -0.3 is 0 Å². The topological polar surface area (TPSA) is 58.4 Å². The summed E-state index contributed by atoms with van der Waals surface area (Å²) < 4.78 is 0. The van der Waals surface area contributed by atoms with Crippen molar-refractivity contribution in [1.29, 1.82) is 0 Å². The monoisotopic (exact) mass is 147 g/mol. The summed E-state index contributed by atoms with van der Waals surface area (Å²) in [6, 6.07) is 0. The number of nitrogens with one attached hydrogen (secondary N) is 1. The number of hydrogen-bond acceptors (Lipinski definition) is 4. The highest BCUT2D eigenvalue weighted by Crippen LogP contribution is 1.86. The number of likely N-dealkylation sites (N-methyl/N-ethyl adjacent to an activating group) is 2. The van der Waals surface area contributed by atoms with Gasteiger partial charge in [0.2, 0.25) is 6.54 Å². The molecular weight excluding hydrogens is 134 g/mol. The first-order valence-corrected chi connectivity index (χ1v) is 3.03. The standard InChI is InChI=1S/C5H13N3O2/c1-6-5(7(2)3)4-8(9)10/h5-6H,4H2,1-3H3. The molecule has 0 aliphatic heterocycles. The molecule has 5 nitrogen and oxygen atoms in total. The first-order chi connectivity index (χ1) is 4.57. The van der Waals surface area contributed by atoms with Crippen molar-refractivity contribution in [3.8, 4) is 0 Å². The summed E-state index contributed by atoms with van der Waals surface area (Å²) in [4.78, 5) is 11.4. The van der Waals surface area contributed by atoms with Crippen LogP contribution < -0.4 is 5.32 Å². The zero-order chi connectivity index (χ0) is 8.15. The fourth-order valence-electron chi connectivity index (χ4n) is 0.654. The maximum absolute atomic E-state index is 10.0. The molecule has 0 fully saturated rings. The van der Waals surface area contributed by atoms with Crippen LogP contribution in [0.5, 0.6) is 0 Å². The fraction of sp³-hybridized carbons (Fsp3) is 1.00. The van der Waals surface area contributed by atoms with Crippen molar-refractivity contribution in [2.24, 2.45) is 0 Å². The highest BCUT2D eigenvalue weighted by molar-refractivity contribution is 4.57. The minimum atomic E-state index is -0.332. The highest BCUT2D eigenvalue weighted by atomic mass is 16.6. The number of nitro groups is 1. The van der Waals surface area contributed by atoms with Gasteiger partial charge in [-0.3, -0.25) is 20.3 Å². The van der Waals surface area contributed by atoms with Crippen LogP contribution in [0.3, 0.4) is 0 Å². The SMILES string of the molecule is CNC(C[N+](=O)[O-])N(C)C. The Hall–Kier alpha value is -0.680. The van der Waals surface area contributed by atoms with Gasteiger partial charge in [0, 0.05) is 4.92 Å². The summed E-state index contributed by atoms with van der Waals surface area (Å²) in [7, 11) is 5.30. The van der Waals surface area contributed by atoms with Gasteiger partial charge in [-0.2, -0.15) is 0 Å². The molecule has 0 amide bonds. The van der Waals surface area contributed by atoms with Crippen LogP contribution in [0, 0.1) is 10.1 Å². The third-order valence-electron chi connectivity index (χ3n) is 1.28. The Balaban J connectivity index is 3.71. The lowest BCUT2D eigenvalue weighted by atomic mass is 10.4. The second kappa shape index (κ2) is 4.19. The zero-order valence-corrected chi connectivity index (χ0v) is 6.50. The summed E-state index contributed by atoms with van der Waals surface area (Å²) in [5.74, 6) is 0. The largest absolute Gasteiger partial charge is 0.299 e. The Morgan fingerprint density at radius 2 is 2.20 bits per heavy atom. The van der Waals surface area contributed by atoms with Crippen LogP contribution in [0.25, 0.3) is 0 Å². The van der Waals surface area contributed by atoms with Crippen molar-refractivity contribution in [3.05, 3.63) is 10.1 Å². The van der Waals surface area contributed by atoms with Gasteiger partial charge >= 0.3 is 0 Å². The van der Waals surface area contributed by atoms with E-state index >= 15 is 0 Å². The van der Waals surface area contributed by atoms with Crippen LogP contribution in [0.2, 0.25) is 0 Å². The summed E-state index contributed by atoms with van der Waals surface area (Å²) in [6.45, 7) is -0.0660. The molecule has 1 N–H and O–H groups in total. The van der Waals surface area contributed by atoms with Crippen LogP contribution in [-0.2, 0) is 0 Å². The van der Waals surface area contributed by atoms with E-state index in [9.17, 15) is 10.1 Å². The maximum Gasteiger partial charge on any atom is 0.232 e. The second-order valence-electron chi connectivity index (χ2n) is 2.28. The Kier molecular flexibility index (Phi) is 3.90. The van der Waals surface area contributed by atoms with Gasteiger partial charge in [0.25, 0.3) is 0 Å². The average molecular weight is 147 g/mol. The molecule has 5 heteroatoms. The van der Waals surface area contributed by atoms with Gasteiger partial charge in [0.05, 0.1) is 0 Å². The Morgan fingerprint density at radius 1 is 1.70 bits per heavy atom. The minimum absolute atomic E-state index is 0.0660. The molecule has 0 bridgehead atoms. The van der Waals surface area contributed by atoms with E-state index in [4.69, 9.17) is 0 Å². The molecule has 0 heterocycles. The lowest BCUT2D eigenvalue weighted by molar-refractivity contribution is -0.487. The Labute approximate surface area is 60.2 Å². The van der Waals surface area contributed by atoms with E-state index in [1.54, 1.807) is 26.0 Å². The zero-order valence-electron chi connectivity index (χ0n) is 6.50. The van der Waals surface area contributed by atoms with Crippen LogP contribution >= 0.6 is 0 Å². The van der Waals surface area contributed by atoms with Crippen molar-refractivity contribution >= 4 is 0 Å². The first-order valence-electron chi connectivity index (χ1n) is 3.03. The maximum atomic E-state index is 10.0. The molecular formula is C5H13N3O2. The van der Waals surface area contributed by atoms with E-state index in [2.05, 4.69) is 5.32 Å². The van der Waals surface area contributed by atoms with Crippen molar-refractivity contribution in [1.82, 2.24) is 10.2 Å². The summed E-state index contributed by atoms with van der Waals surface area (Å²) in [5, 5.41) is 12.8. The predicted molar refractivity (Wildman–Crippen MR) is 38.4 cm³/mol. The van der Waals surface area contributed by atoms with E-state index < -0.39 is 0 Å². The Bertz CT molecular complexity index is 115. The lowest BCUT2D eigenvalue weighted by Gasteiger charge is -2.18. The first kappa shape index (κ1) is 9.32. The lowest BCUT2D eigenvalue weighted by Crippen LogP contribution is -2.44. The molecule has 0 aromatic rings. The molecule has 0 radical (unpaired) electrons. The van der Waals surface area contributed by atoms with E-state index in [-0.39, 0.29) is 17.6 Å². The fourth-order valence-corrected chi connectivity index (χ4v) is 0.654. The second-order valence-corrected chi connectivity index (χ2v) is 2.28. The smallest absolute Gasteiger partial charge is 0.232 e. The van der Waals surface area contributed by atoms with Gasteiger partial charge in [-0.15, -0.1) is 0 Å². The number of hydrogen-bond donors (Lipinski definition) is 1. The third kappa shape index (κ3) is 3.37. The molecule has 0 aliphatic carbocycles. The molecule has 0 aromatic heterocycles. The molecule has 0 saturated carbocycles. The van der Waals surface area contributed by atoms with Crippen molar-refractivity contribution < 1.29 is 4.92 Å². The van der Waals surface area contributed by atoms with E-state index in [0.717, 1.165) is 0 Å². The van der Waals surface area contributed by atoms with E-state index in [1.165, 1.54) is 0 Å². The average Bonchev–Trinajstić information content (AvgIpc) is 1.81. The van der Waals surface area contributed by atoms with Crippen LogP contribution in [0.1, 0.15) is 0 Å². The van der Waals surface area contributed by atoms with Gasteiger partial charge in [-0.1, -0.05) is 0 Å². The van der Waals surface area contributed by atoms with Crippen molar-refractivity contribution in [3.63, 3.8) is 0 Å². The van der Waals surface area contributed by atoms with Crippen LogP contribution in [-0.4, -0.2) is 43.7 Å². The molecule has 1 atom stereocenters. The number of nitrogens with zero attached hydrogens (tertiary/aromatic N) is 2. The van der Waals surface area contributed by atoms with E-state index in [1.807, 2.05) is 0 Å². The highest BCUT2D eigenvalue weighted by Gasteiger charge is 2.13. The number of rotatable bonds is 4. The Morgan fingerprint density at radius 3 is 2.30 bits per heavy atom. The predicted octanol–water partition coefficient (Wildman–Crippen LogP) is -0.630. The molecule has 0 spiro atoms. The van der Waals surface area contributed by atoms with Crippen molar-refractivity contribution in [2.75, 3.05) is 27.7 Å². The molecule has 0 aromatic carbocycles. The molecule has 0 aliphatic rings. The summed E-state index contributed by atoms with van der Waals surface area (Å²) >= 11 is 0. The third-order valence-corrected chi connectivity index (χ3v) is 1.28. The van der Waals surface area contributed by atoms with E-state index in [0.29, 0.717) is 0 Å². The molecule has 0 saturated heterocycles. The van der Waals surface area contributed by atoms with Gasteiger partial charge in [-0.25, -0.2) is 0 Å². The summed E-state index contributed by atoms with van der Waals surface area (Å²) in [5.41, 5.74) is 0. The molecule has 60 valence electrons. The van der Waals surface area contributed by atoms with Gasteiger partial charge in [0.15, 0.2) is 0 Å². The molecule has 10 heavy (non-hydrogen) atoms. The van der Waals surface area contributed by atoms with Crippen molar-refractivity contribution in [2.45, 2.75) is 6.17 Å². The quantitative estimate of drug-likeness (QED) is 0.327. The van der Waals surface area contributed by atoms with Crippen LogP contribution in [0.4, 0.5) is 0 Å². The van der Waals surface area contributed by atoms with Gasteiger partial charge in [0.1, 0.15) is 6.17 Å². The van der Waals surface area contributed by atoms with Gasteiger partial charge in [-0.05, 0) is 21.1 Å².